The Morgan fingerprint density at radius 1 is 1.32 bits per heavy atom. The molecule has 1 saturated heterocycles. The zero-order valence-electron chi connectivity index (χ0n) is 10.8. The minimum Gasteiger partial charge on any atom is -0.351 e. The molecule has 1 unspecified atom stereocenters. The van der Waals surface area contributed by atoms with Gasteiger partial charge in [-0.25, -0.2) is 4.79 Å². The van der Waals surface area contributed by atoms with E-state index in [4.69, 9.17) is 14.6 Å². The summed E-state index contributed by atoms with van der Waals surface area (Å²) in [5.74, 6) is -1.24. The van der Waals surface area contributed by atoms with Crippen LogP contribution in [-0.2, 0) is 9.63 Å². The number of hydroxylamine groups is 2. The molecule has 8 nitrogen and oxygen atoms in total. The van der Waals surface area contributed by atoms with Crippen LogP contribution in [0.3, 0.4) is 0 Å². The quantitative estimate of drug-likeness (QED) is 0.526. The lowest BCUT2D eigenvalue weighted by Crippen LogP contribution is -2.43. The number of carbonyl (C=O) groups is 2. The van der Waals surface area contributed by atoms with Gasteiger partial charge in [-0.3, -0.25) is 4.79 Å². The summed E-state index contributed by atoms with van der Waals surface area (Å²) in [5.41, 5.74) is 0. The summed E-state index contributed by atoms with van der Waals surface area (Å²) >= 11 is 0. The Balaban J connectivity index is 2.16. The number of rotatable bonds is 5. The lowest BCUT2D eigenvalue weighted by Gasteiger charge is -2.24. The molecule has 4 N–H and O–H groups in total. The van der Waals surface area contributed by atoms with Crippen LogP contribution in [0, 0.1) is 0 Å². The van der Waals surface area contributed by atoms with Gasteiger partial charge in [0, 0.05) is 13.1 Å². The number of carbonyl (C=O) groups excluding carboxylic acids is 2. The largest absolute Gasteiger partial charge is 0.426 e. The third kappa shape index (κ3) is 6.68. The summed E-state index contributed by atoms with van der Waals surface area (Å²) < 4.78 is 0. The third-order valence-electron chi connectivity index (χ3n) is 2.64. The first-order valence-electron chi connectivity index (χ1n) is 6.16. The molecule has 0 aromatic carbocycles. The molecule has 1 aliphatic rings. The maximum atomic E-state index is 11.4. The van der Waals surface area contributed by atoms with E-state index >= 15 is 0 Å². The van der Waals surface area contributed by atoms with E-state index < -0.39 is 26.2 Å². The molecule has 1 aliphatic heterocycles. The Hall–Kier alpha value is -0.950. The van der Waals surface area contributed by atoms with E-state index in [0.717, 1.165) is 19.3 Å². The molecule has 1 heterocycles. The molecular weight excluding hydrogens is 273 g/mol. The maximum absolute atomic E-state index is 11.4. The summed E-state index contributed by atoms with van der Waals surface area (Å²) in [4.78, 5) is 45.4. The lowest BCUT2D eigenvalue weighted by molar-refractivity contribution is -0.122. The van der Waals surface area contributed by atoms with Crippen molar-refractivity contribution >= 4 is 20.4 Å². The van der Waals surface area contributed by atoms with Crippen molar-refractivity contribution in [2.45, 2.75) is 32.0 Å². The first kappa shape index (κ1) is 16.1. The maximum Gasteiger partial charge on any atom is 0.426 e. The van der Waals surface area contributed by atoms with E-state index in [-0.39, 0.29) is 6.54 Å². The van der Waals surface area contributed by atoms with Gasteiger partial charge >= 0.3 is 6.09 Å². The first-order chi connectivity index (χ1) is 8.99. The molecular formula is C10H20N3O5P. The number of amides is 2. The van der Waals surface area contributed by atoms with E-state index in [1.165, 1.54) is 6.92 Å². The fraction of sp³-hybridized carbons (Fsp3) is 0.800. The third-order valence-corrected chi connectivity index (χ3v) is 3.46. The fourth-order valence-electron chi connectivity index (χ4n) is 1.60. The average molecular weight is 293 g/mol. The number of nitrogens with one attached hydrogen (secondary N) is 2. The summed E-state index contributed by atoms with van der Waals surface area (Å²) in [5, 5.41) is 6.22. The fourth-order valence-corrected chi connectivity index (χ4v) is 1.86. The second-order valence-electron chi connectivity index (χ2n) is 4.29. The van der Waals surface area contributed by atoms with Gasteiger partial charge in [-0.2, -0.15) is 0 Å². The highest BCUT2D eigenvalue weighted by molar-refractivity contribution is 7.45. The van der Waals surface area contributed by atoms with Crippen molar-refractivity contribution in [3.05, 3.63) is 0 Å². The van der Waals surface area contributed by atoms with Crippen LogP contribution in [-0.4, -0.2) is 52.3 Å². The number of piperidine rings is 1. The summed E-state index contributed by atoms with van der Waals surface area (Å²) in [6, 6.07) is 0. The monoisotopic (exact) mass is 293 g/mol. The highest BCUT2D eigenvalue weighted by atomic mass is 31.2. The van der Waals surface area contributed by atoms with Crippen LogP contribution >= 0.6 is 8.38 Å². The highest BCUT2D eigenvalue weighted by Gasteiger charge is 2.17. The van der Waals surface area contributed by atoms with Gasteiger partial charge in [-0.1, -0.05) is 6.42 Å². The minimum atomic E-state index is -2.22. The Labute approximate surface area is 113 Å². The summed E-state index contributed by atoms with van der Waals surface area (Å²) in [6.07, 6.45) is 2.43. The van der Waals surface area contributed by atoms with Gasteiger partial charge in [0.1, 0.15) is 6.54 Å². The average Bonchev–Trinajstić information content (AvgIpc) is 2.37. The Bertz CT molecular complexity index is 310. The number of hydrogen-bond donors (Lipinski definition) is 4. The van der Waals surface area contributed by atoms with Crippen LogP contribution in [0.5, 0.6) is 0 Å². The van der Waals surface area contributed by atoms with Crippen molar-refractivity contribution in [3.8, 4) is 0 Å². The van der Waals surface area contributed by atoms with Gasteiger partial charge in [0.25, 0.3) is 0 Å². The number of hydrogen-bond acceptors (Lipinski definition) is 6. The second kappa shape index (κ2) is 8.27. The summed E-state index contributed by atoms with van der Waals surface area (Å²) in [7, 11) is -2.22. The molecule has 110 valence electrons. The van der Waals surface area contributed by atoms with Crippen LogP contribution in [0.25, 0.3) is 0 Å². The van der Waals surface area contributed by atoms with Crippen LogP contribution in [0.1, 0.15) is 26.2 Å². The van der Waals surface area contributed by atoms with Crippen molar-refractivity contribution in [1.82, 2.24) is 15.7 Å². The first-order valence-corrected chi connectivity index (χ1v) is 7.48. The van der Waals surface area contributed by atoms with Gasteiger partial charge in [-0.05, 0) is 19.8 Å². The van der Waals surface area contributed by atoms with Crippen LogP contribution in [0.2, 0.25) is 0 Å². The van der Waals surface area contributed by atoms with E-state index in [2.05, 4.69) is 10.6 Å². The van der Waals surface area contributed by atoms with Crippen molar-refractivity contribution in [2.75, 3.05) is 19.6 Å². The SMILES string of the molecule is CC(NC(=O)CNC(=O)ON1CCCCC1)P(O)O. The topological polar surface area (TPSA) is 111 Å². The second-order valence-corrected chi connectivity index (χ2v) is 5.70. The van der Waals surface area contributed by atoms with Crippen LogP contribution in [0.15, 0.2) is 0 Å². The molecule has 1 atom stereocenters. The molecule has 9 heteroatoms. The summed E-state index contributed by atoms with van der Waals surface area (Å²) in [6.45, 7) is 2.61. The van der Waals surface area contributed by atoms with Crippen molar-refractivity contribution in [3.63, 3.8) is 0 Å². The molecule has 19 heavy (non-hydrogen) atoms. The predicted molar refractivity (Wildman–Crippen MR) is 68.9 cm³/mol. The zero-order chi connectivity index (χ0) is 14.3. The smallest absolute Gasteiger partial charge is 0.351 e. The molecule has 1 fully saturated rings. The Kier molecular flexibility index (Phi) is 7.01. The number of nitrogens with zero attached hydrogens (tertiary/aromatic N) is 1. The minimum absolute atomic E-state index is 0.264. The molecule has 0 radical (unpaired) electrons. The van der Waals surface area contributed by atoms with Crippen LogP contribution < -0.4 is 10.6 Å². The highest BCUT2D eigenvalue weighted by Crippen LogP contribution is 2.27. The van der Waals surface area contributed by atoms with Gasteiger partial charge in [0.15, 0.2) is 8.38 Å². The van der Waals surface area contributed by atoms with Crippen LogP contribution in [0.4, 0.5) is 4.79 Å². The van der Waals surface area contributed by atoms with E-state index in [9.17, 15) is 9.59 Å². The molecule has 0 saturated carbocycles. The molecule has 1 rings (SSSR count). The molecule has 0 aromatic heterocycles. The van der Waals surface area contributed by atoms with Crippen molar-refractivity contribution < 1.29 is 24.2 Å². The van der Waals surface area contributed by atoms with E-state index in [1.807, 2.05) is 0 Å². The lowest BCUT2D eigenvalue weighted by atomic mass is 10.2. The van der Waals surface area contributed by atoms with E-state index in [1.54, 1.807) is 5.06 Å². The van der Waals surface area contributed by atoms with E-state index in [0.29, 0.717) is 13.1 Å². The normalized spacial score (nSPS) is 17.9. The molecule has 2 amide bonds. The van der Waals surface area contributed by atoms with Gasteiger partial charge in [0.2, 0.25) is 5.91 Å². The molecule has 0 aromatic rings. The van der Waals surface area contributed by atoms with Gasteiger partial charge < -0.3 is 25.3 Å². The Morgan fingerprint density at radius 3 is 2.53 bits per heavy atom. The van der Waals surface area contributed by atoms with Crippen molar-refractivity contribution in [1.29, 1.82) is 0 Å². The molecule has 0 aliphatic carbocycles. The zero-order valence-corrected chi connectivity index (χ0v) is 11.7. The standard InChI is InChI=1S/C10H20N3O5P/c1-8(19(16)17)12-9(14)7-11-10(15)18-13-5-3-2-4-6-13/h8,16-17H,2-7H2,1H3,(H,11,15)(H,12,14). The predicted octanol–water partition coefficient (Wildman–Crippen LogP) is -0.128. The van der Waals surface area contributed by atoms with Gasteiger partial charge in [-0.15, -0.1) is 5.06 Å². The molecule has 0 bridgehead atoms. The van der Waals surface area contributed by atoms with Crippen molar-refractivity contribution in [2.24, 2.45) is 0 Å². The Morgan fingerprint density at radius 2 is 1.95 bits per heavy atom. The van der Waals surface area contributed by atoms with Gasteiger partial charge in [0.05, 0.1) is 5.78 Å². The molecule has 0 spiro atoms.